The predicted octanol–water partition coefficient (Wildman–Crippen LogP) is 4.08. The molecule has 1 aromatic carbocycles. The number of benzene rings is 1. The van der Waals surface area contributed by atoms with Gasteiger partial charge in [0.25, 0.3) is 5.91 Å². The molecule has 12 heteroatoms. The second-order valence-electron chi connectivity index (χ2n) is 11.2. The van der Waals surface area contributed by atoms with Crippen molar-refractivity contribution >= 4 is 32.7 Å². The monoisotopic (exact) mass is 574 g/mol. The fourth-order valence-electron chi connectivity index (χ4n) is 5.44. The number of rotatable bonds is 10. The number of carbonyl (C=O) groups is 1. The number of amides is 1. The van der Waals surface area contributed by atoms with E-state index in [1.54, 1.807) is 36.9 Å². The van der Waals surface area contributed by atoms with E-state index in [1.807, 2.05) is 31.4 Å². The van der Waals surface area contributed by atoms with Crippen LogP contribution in [0.3, 0.4) is 0 Å². The molecule has 2 aliphatic carbocycles. The number of nitrogens with one attached hydrogen (secondary N) is 3. The van der Waals surface area contributed by atoms with Crippen LogP contribution in [0.25, 0.3) is 10.8 Å². The molecule has 3 heterocycles. The van der Waals surface area contributed by atoms with Gasteiger partial charge in [-0.1, -0.05) is 13.8 Å². The van der Waals surface area contributed by atoms with Crippen molar-refractivity contribution in [1.82, 2.24) is 34.8 Å². The molecule has 2 aliphatic rings. The van der Waals surface area contributed by atoms with Gasteiger partial charge in [-0.15, -0.1) is 10.2 Å². The number of pyridine rings is 2. The number of anilines is 1. The van der Waals surface area contributed by atoms with E-state index in [2.05, 4.69) is 30.5 Å². The second-order valence-corrected chi connectivity index (χ2v) is 12.9. The van der Waals surface area contributed by atoms with Crippen molar-refractivity contribution < 1.29 is 13.2 Å². The van der Waals surface area contributed by atoms with Crippen molar-refractivity contribution in [2.24, 2.45) is 5.92 Å². The molecule has 0 bridgehead atoms. The van der Waals surface area contributed by atoms with E-state index in [1.165, 1.54) is 6.20 Å². The number of hydrogen-bond acceptors (Lipinski definition) is 8. The van der Waals surface area contributed by atoms with Gasteiger partial charge in [0.1, 0.15) is 6.33 Å². The Morgan fingerprint density at radius 3 is 2.68 bits per heavy atom. The number of aromatic nitrogens is 5. The zero-order valence-corrected chi connectivity index (χ0v) is 24.1. The fraction of sp³-hybridized carbons (Fsp3) is 0.414. The van der Waals surface area contributed by atoms with Gasteiger partial charge in [-0.3, -0.25) is 14.8 Å². The van der Waals surface area contributed by atoms with E-state index in [-0.39, 0.29) is 22.8 Å². The average molecular weight is 575 g/mol. The lowest BCUT2D eigenvalue weighted by atomic mass is 9.98. The summed E-state index contributed by atoms with van der Waals surface area (Å²) in [6, 6.07) is 6.35. The molecule has 0 saturated heterocycles. The van der Waals surface area contributed by atoms with Crippen LogP contribution in [0, 0.1) is 5.92 Å². The van der Waals surface area contributed by atoms with Crippen molar-refractivity contribution in [2.45, 2.75) is 69.5 Å². The molecule has 0 unspecified atom stereocenters. The zero-order valence-electron chi connectivity index (χ0n) is 23.3. The van der Waals surface area contributed by atoms with Gasteiger partial charge in [0.15, 0.2) is 0 Å². The van der Waals surface area contributed by atoms with E-state index in [0.717, 1.165) is 35.0 Å². The lowest BCUT2D eigenvalue weighted by Crippen LogP contribution is -2.29. The van der Waals surface area contributed by atoms with E-state index in [0.29, 0.717) is 42.3 Å². The Kier molecular flexibility index (Phi) is 7.20. The number of aryl methyl sites for hydroxylation is 1. The highest BCUT2D eigenvalue weighted by Gasteiger charge is 2.37. The summed E-state index contributed by atoms with van der Waals surface area (Å²) in [5, 5.41) is 16.3. The van der Waals surface area contributed by atoms with Crippen LogP contribution < -0.4 is 15.4 Å². The maximum absolute atomic E-state index is 13.8. The summed E-state index contributed by atoms with van der Waals surface area (Å²) in [6.45, 7) is 6.94. The Morgan fingerprint density at radius 2 is 1.98 bits per heavy atom. The molecule has 1 amide bonds. The van der Waals surface area contributed by atoms with E-state index >= 15 is 0 Å². The van der Waals surface area contributed by atoms with Gasteiger partial charge in [-0.2, -0.15) is 0 Å². The summed E-state index contributed by atoms with van der Waals surface area (Å²) < 4.78 is 32.2. The van der Waals surface area contributed by atoms with Crippen LogP contribution >= 0.6 is 0 Å². The van der Waals surface area contributed by atoms with Crippen LogP contribution in [0.1, 0.15) is 85.2 Å². The summed E-state index contributed by atoms with van der Waals surface area (Å²) in [4.78, 5) is 22.3. The van der Waals surface area contributed by atoms with Crippen LogP contribution in [-0.4, -0.2) is 45.6 Å². The lowest BCUT2D eigenvalue weighted by molar-refractivity contribution is 0.0935. The Balaban J connectivity index is 1.50. The highest BCUT2D eigenvalue weighted by Crippen LogP contribution is 2.47. The average Bonchev–Trinajstić information content (AvgIpc) is 3.64. The van der Waals surface area contributed by atoms with Gasteiger partial charge in [-0.05, 0) is 67.5 Å². The third-order valence-corrected chi connectivity index (χ3v) is 9.19. The minimum Gasteiger partial charge on any atom is -0.347 e. The topological polar surface area (TPSA) is 144 Å². The predicted molar refractivity (Wildman–Crippen MR) is 155 cm³/mol. The summed E-state index contributed by atoms with van der Waals surface area (Å²) in [6.07, 6.45) is 9.18. The van der Waals surface area contributed by atoms with E-state index in [9.17, 15) is 13.2 Å². The van der Waals surface area contributed by atoms with Crippen molar-refractivity contribution in [3.05, 3.63) is 71.6 Å². The largest absolute Gasteiger partial charge is 0.347 e. The summed E-state index contributed by atoms with van der Waals surface area (Å²) in [7, 11) is -3.86. The first kappa shape index (κ1) is 27.3. The number of hydrogen-bond donors (Lipinski definition) is 3. The summed E-state index contributed by atoms with van der Waals surface area (Å²) in [5.41, 5.74) is 2.98. The van der Waals surface area contributed by atoms with Crippen molar-refractivity contribution in [3.8, 4) is 0 Å². The summed E-state index contributed by atoms with van der Waals surface area (Å²) >= 11 is 0. The molecular weight excluding hydrogens is 540 g/mol. The molecule has 6 rings (SSSR count). The van der Waals surface area contributed by atoms with Crippen molar-refractivity contribution in [2.75, 3.05) is 11.9 Å². The summed E-state index contributed by atoms with van der Waals surface area (Å²) in [5.74, 6) is 0.824. The third-order valence-electron chi connectivity index (χ3n) is 7.73. The van der Waals surface area contributed by atoms with Gasteiger partial charge < -0.3 is 15.2 Å². The molecule has 41 heavy (non-hydrogen) atoms. The van der Waals surface area contributed by atoms with Crippen LogP contribution in [0.4, 0.5) is 5.95 Å². The van der Waals surface area contributed by atoms with Crippen molar-refractivity contribution in [1.29, 1.82) is 0 Å². The number of fused-ring (bicyclic) bond motifs is 3. The van der Waals surface area contributed by atoms with Gasteiger partial charge >= 0.3 is 0 Å². The zero-order chi connectivity index (χ0) is 28.7. The lowest BCUT2D eigenvalue weighted by Gasteiger charge is -2.19. The Labute approximate surface area is 239 Å². The maximum Gasteiger partial charge on any atom is 0.253 e. The number of sulfonamides is 1. The van der Waals surface area contributed by atoms with Crippen LogP contribution in [0.5, 0.6) is 0 Å². The molecule has 0 spiro atoms. The van der Waals surface area contributed by atoms with Crippen molar-refractivity contribution in [3.63, 3.8) is 0 Å². The SMILES string of the molecule is CCn1cnnc1N[C@H]1C[C@H](NC(=O)c2cccnc2)c2cc(S(=O)(=O)NCC(C)C)c3cc(C4CC4)ncc3c21. The van der Waals surface area contributed by atoms with Gasteiger partial charge in [0.05, 0.1) is 22.5 Å². The highest BCUT2D eigenvalue weighted by atomic mass is 32.2. The number of nitrogens with zero attached hydrogens (tertiary/aromatic N) is 5. The molecule has 3 aromatic heterocycles. The number of carbonyl (C=O) groups excluding carboxylic acids is 1. The standard InChI is InChI=1S/C29H34N8O3S/c1-4-37-16-32-36-29(37)35-25-12-24(34-28(38)19-6-5-9-30-14-19)21-11-26(41(39,40)33-13-17(2)3)20-10-23(18-7-8-18)31-15-22(20)27(21)25/h5-6,9-11,14-18,24-25,33H,4,7-8,12-13H2,1-3H3,(H,34,38)(H,35,36)/t24-,25-/m0/s1. The minimum absolute atomic E-state index is 0.144. The maximum atomic E-state index is 13.8. The highest BCUT2D eigenvalue weighted by molar-refractivity contribution is 7.89. The Morgan fingerprint density at radius 1 is 1.15 bits per heavy atom. The molecule has 3 N–H and O–H groups in total. The van der Waals surface area contributed by atoms with Crippen LogP contribution in [0.15, 0.2) is 54.1 Å². The molecule has 11 nitrogen and oxygen atoms in total. The van der Waals surface area contributed by atoms with E-state index < -0.39 is 16.1 Å². The van der Waals surface area contributed by atoms with Gasteiger partial charge in [0, 0.05) is 54.1 Å². The molecule has 4 aromatic rings. The molecule has 1 fully saturated rings. The first-order valence-electron chi connectivity index (χ1n) is 14.1. The van der Waals surface area contributed by atoms with E-state index in [4.69, 9.17) is 4.98 Å². The third kappa shape index (κ3) is 5.41. The Bertz CT molecular complexity index is 1700. The molecule has 0 aliphatic heterocycles. The normalized spacial score (nSPS) is 18.5. The smallest absolute Gasteiger partial charge is 0.253 e. The first-order chi connectivity index (χ1) is 19.7. The first-order valence-corrected chi connectivity index (χ1v) is 15.5. The van der Waals surface area contributed by atoms with Gasteiger partial charge in [-0.25, -0.2) is 13.1 Å². The van der Waals surface area contributed by atoms with Gasteiger partial charge in [0.2, 0.25) is 16.0 Å². The molecular formula is C29H34N8O3S. The molecule has 1 saturated carbocycles. The fourth-order valence-corrected chi connectivity index (χ4v) is 6.89. The Hall–Kier alpha value is -3.90. The second kappa shape index (κ2) is 10.8. The molecule has 214 valence electrons. The minimum atomic E-state index is -3.86. The van der Waals surface area contributed by atoms with Crippen LogP contribution in [0.2, 0.25) is 0 Å². The molecule has 2 atom stereocenters. The van der Waals surface area contributed by atoms with Crippen LogP contribution in [-0.2, 0) is 16.6 Å². The molecule has 0 radical (unpaired) electrons. The quantitative estimate of drug-likeness (QED) is 0.257.